The van der Waals surface area contributed by atoms with Gasteiger partial charge in [-0.1, -0.05) is 29.1 Å². The lowest BCUT2D eigenvalue weighted by atomic mass is 10.1. The Morgan fingerprint density at radius 3 is 2.62 bits per heavy atom. The molecule has 0 spiro atoms. The molecule has 0 bridgehead atoms. The van der Waals surface area contributed by atoms with Crippen molar-refractivity contribution in [1.82, 2.24) is 15.0 Å². The molecule has 0 saturated carbocycles. The smallest absolute Gasteiger partial charge is 0.288 e. The summed E-state index contributed by atoms with van der Waals surface area (Å²) in [6.07, 6.45) is 1.86. The number of anilines is 1. The summed E-state index contributed by atoms with van der Waals surface area (Å²) < 4.78 is 26.8. The quantitative estimate of drug-likeness (QED) is 0.849. The fraction of sp³-hybridized carbons (Fsp3) is 0.429. The number of thioether (sulfide) groups is 1. The molecule has 2 aromatic rings. The van der Waals surface area contributed by atoms with Crippen molar-refractivity contribution in [3.63, 3.8) is 0 Å². The zero-order valence-electron chi connectivity index (χ0n) is 12.2. The van der Waals surface area contributed by atoms with Crippen molar-refractivity contribution < 1.29 is 8.78 Å². The predicted octanol–water partition coefficient (Wildman–Crippen LogP) is 3.96. The Balaban J connectivity index is 2.05. The Morgan fingerprint density at radius 1 is 1.29 bits per heavy atom. The normalized spacial score (nSPS) is 11.9. The van der Waals surface area contributed by atoms with Crippen LogP contribution in [0.4, 0.5) is 14.5 Å². The molecule has 1 aromatic heterocycles. The van der Waals surface area contributed by atoms with Crippen molar-refractivity contribution in [3.05, 3.63) is 36.2 Å². The number of alkyl halides is 2. The highest BCUT2D eigenvalue weighted by Gasteiger charge is 2.15. The number of benzene rings is 1. The molecular formula is C14H18F2N4S. The summed E-state index contributed by atoms with van der Waals surface area (Å²) >= 11 is 0.533. The van der Waals surface area contributed by atoms with Gasteiger partial charge >= 0.3 is 0 Å². The Hall–Kier alpha value is -1.63. The zero-order valence-corrected chi connectivity index (χ0v) is 13.0. The highest BCUT2D eigenvalue weighted by Crippen LogP contribution is 2.31. The van der Waals surface area contributed by atoms with Crippen molar-refractivity contribution >= 4 is 17.4 Å². The average molecular weight is 312 g/mol. The van der Waals surface area contributed by atoms with Gasteiger partial charge in [-0.2, -0.15) is 8.78 Å². The number of halogens is 2. The first kappa shape index (κ1) is 15.8. The van der Waals surface area contributed by atoms with Crippen LogP contribution in [0, 0.1) is 0 Å². The maximum absolute atomic E-state index is 12.5. The summed E-state index contributed by atoms with van der Waals surface area (Å²) in [5, 5.41) is 11.3. The SMILES string of the molecule is CC(C)(C)n1cc(CNc2ccccc2SC(F)F)nn1. The van der Waals surface area contributed by atoms with Crippen molar-refractivity contribution in [2.45, 2.75) is 43.5 Å². The van der Waals surface area contributed by atoms with Crippen LogP contribution < -0.4 is 5.32 Å². The standard InChI is InChI=1S/C14H18F2N4S/c1-14(2,3)20-9-10(18-19-20)8-17-11-6-4-5-7-12(11)21-13(15)16/h4-7,9,13,17H,8H2,1-3H3. The molecule has 7 heteroatoms. The lowest BCUT2D eigenvalue weighted by Gasteiger charge is -2.17. The van der Waals surface area contributed by atoms with Crippen LogP contribution >= 0.6 is 11.8 Å². The number of para-hydroxylation sites is 1. The third kappa shape index (κ3) is 4.42. The van der Waals surface area contributed by atoms with Crippen LogP contribution in [0.1, 0.15) is 26.5 Å². The van der Waals surface area contributed by atoms with Gasteiger partial charge in [0, 0.05) is 10.6 Å². The minimum absolute atomic E-state index is 0.130. The summed E-state index contributed by atoms with van der Waals surface area (Å²) in [6, 6.07) is 7.00. The second kappa shape index (κ2) is 6.43. The molecule has 0 saturated heterocycles. The van der Waals surface area contributed by atoms with Crippen LogP contribution in [0.2, 0.25) is 0 Å². The molecule has 4 nitrogen and oxygen atoms in total. The first-order chi connectivity index (χ1) is 9.86. The minimum atomic E-state index is -2.44. The molecule has 2 rings (SSSR count). The summed E-state index contributed by atoms with van der Waals surface area (Å²) in [5.41, 5.74) is 1.31. The highest BCUT2D eigenvalue weighted by molar-refractivity contribution is 7.99. The molecule has 0 atom stereocenters. The lowest BCUT2D eigenvalue weighted by Crippen LogP contribution is -2.22. The van der Waals surface area contributed by atoms with Gasteiger partial charge in [-0.25, -0.2) is 4.68 Å². The number of rotatable bonds is 5. The van der Waals surface area contributed by atoms with Gasteiger partial charge in [0.25, 0.3) is 5.76 Å². The molecule has 0 unspecified atom stereocenters. The number of hydrogen-bond acceptors (Lipinski definition) is 4. The zero-order chi connectivity index (χ0) is 15.5. The van der Waals surface area contributed by atoms with E-state index in [2.05, 4.69) is 15.6 Å². The number of aromatic nitrogens is 3. The average Bonchev–Trinajstić information content (AvgIpc) is 2.86. The molecule has 0 aliphatic rings. The van der Waals surface area contributed by atoms with Gasteiger partial charge in [0.15, 0.2) is 0 Å². The van der Waals surface area contributed by atoms with E-state index in [0.29, 0.717) is 28.9 Å². The van der Waals surface area contributed by atoms with Crippen LogP contribution in [0.15, 0.2) is 35.4 Å². The summed E-state index contributed by atoms with van der Waals surface area (Å²) in [6.45, 7) is 6.55. The van der Waals surface area contributed by atoms with Gasteiger partial charge < -0.3 is 5.32 Å². The van der Waals surface area contributed by atoms with E-state index in [9.17, 15) is 8.78 Å². The largest absolute Gasteiger partial charge is 0.378 e. The van der Waals surface area contributed by atoms with Crippen molar-refractivity contribution in [3.8, 4) is 0 Å². The molecule has 0 radical (unpaired) electrons. The topological polar surface area (TPSA) is 42.7 Å². The maximum Gasteiger partial charge on any atom is 0.288 e. The van der Waals surface area contributed by atoms with E-state index in [0.717, 1.165) is 5.69 Å². The highest BCUT2D eigenvalue weighted by atomic mass is 32.2. The fourth-order valence-electron chi connectivity index (χ4n) is 1.70. The second-order valence-corrected chi connectivity index (χ2v) is 6.59. The second-order valence-electron chi connectivity index (χ2n) is 5.55. The Kier molecular flexibility index (Phi) is 4.82. The van der Waals surface area contributed by atoms with Gasteiger partial charge in [-0.3, -0.25) is 0 Å². The van der Waals surface area contributed by atoms with Gasteiger partial charge in [-0.15, -0.1) is 5.10 Å². The van der Waals surface area contributed by atoms with Gasteiger partial charge in [0.05, 0.1) is 18.3 Å². The fourth-order valence-corrected chi connectivity index (χ4v) is 2.32. The summed E-state index contributed by atoms with van der Waals surface area (Å²) in [5.74, 6) is -2.44. The minimum Gasteiger partial charge on any atom is -0.378 e. The van der Waals surface area contributed by atoms with Crippen LogP contribution in [-0.2, 0) is 12.1 Å². The van der Waals surface area contributed by atoms with Crippen molar-refractivity contribution in [1.29, 1.82) is 0 Å². The molecular weight excluding hydrogens is 294 g/mol. The molecule has 1 heterocycles. The summed E-state index contributed by atoms with van der Waals surface area (Å²) in [7, 11) is 0. The number of hydrogen-bond donors (Lipinski definition) is 1. The van der Waals surface area contributed by atoms with E-state index < -0.39 is 5.76 Å². The molecule has 21 heavy (non-hydrogen) atoms. The van der Waals surface area contributed by atoms with E-state index in [-0.39, 0.29) is 5.54 Å². The molecule has 1 aromatic carbocycles. The number of nitrogens with zero attached hydrogens (tertiary/aromatic N) is 3. The van der Waals surface area contributed by atoms with Crippen molar-refractivity contribution in [2.24, 2.45) is 0 Å². The summed E-state index contributed by atoms with van der Waals surface area (Å²) in [4.78, 5) is 0.524. The van der Waals surface area contributed by atoms with Gasteiger partial charge in [0.1, 0.15) is 5.69 Å². The van der Waals surface area contributed by atoms with E-state index in [1.54, 1.807) is 22.9 Å². The van der Waals surface area contributed by atoms with Crippen LogP contribution in [0.25, 0.3) is 0 Å². The molecule has 0 aliphatic carbocycles. The van der Waals surface area contributed by atoms with E-state index >= 15 is 0 Å². The number of nitrogens with one attached hydrogen (secondary N) is 1. The molecule has 0 amide bonds. The Labute approximate surface area is 126 Å². The van der Waals surface area contributed by atoms with Crippen molar-refractivity contribution in [2.75, 3.05) is 5.32 Å². The molecule has 0 aliphatic heterocycles. The lowest BCUT2D eigenvalue weighted by molar-refractivity contribution is 0.252. The Bertz CT molecular complexity index is 593. The van der Waals surface area contributed by atoms with E-state index in [1.165, 1.54) is 0 Å². The third-order valence-corrected chi connectivity index (χ3v) is 3.58. The van der Waals surface area contributed by atoms with E-state index in [1.807, 2.05) is 33.0 Å². The predicted molar refractivity (Wildman–Crippen MR) is 80.6 cm³/mol. The molecule has 0 fully saturated rings. The van der Waals surface area contributed by atoms with E-state index in [4.69, 9.17) is 0 Å². The first-order valence-corrected chi connectivity index (χ1v) is 7.43. The maximum atomic E-state index is 12.5. The van der Waals surface area contributed by atoms with Crippen LogP contribution in [0.5, 0.6) is 0 Å². The Morgan fingerprint density at radius 2 is 2.00 bits per heavy atom. The monoisotopic (exact) mass is 312 g/mol. The third-order valence-electron chi connectivity index (χ3n) is 2.79. The van der Waals surface area contributed by atoms with Gasteiger partial charge in [0.2, 0.25) is 0 Å². The van der Waals surface area contributed by atoms with Gasteiger partial charge in [-0.05, 0) is 32.9 Å². The van der Waals surface area contributed by atoms with Crippen LogP contribution in [0.3, 0.4) is 0 Å². The molecule has 114 valence electrons. The molecule has 1 N–H and O–H groups in total. The first-order valence-electron chi connectivity index (χ1n) is 6.55. The van der Waals surface area contributed by atoms with Crippen LogP contribution in [-0.4, -0.2) is 20.8 Å².